The van der Waals surface area contributed by atoms with E-state index in [-0.39, 0.29) is 6.42 Å². The predicted molar refractivity (Wildman–Crippen MR) is 47.1 cm³/mol. The number of aromatic nitrogens is 3. The van der Waals surface area contributed by atoms with Crippen molar-refractivity contribution in [3.05, 3.63) is 11.9 Å². The average Bonchev–Trinajstić information content (AvgIpc) is 2.69. The van der Waals surface area contributed by atoms with Crippen molar-refractivity contribution in [3.8, 4) is 0 Å². The first-order chi connectivity index (χ1) is 7.13. The summed E-state index contributed by atoms with van der Waals surface area (Å²) < 4.78 is 4.29. The van der Waals surface area contributed by atoms with Gasteiger partial charge in [-0.3, -0.25) is 5.10 Å². The van der Waals surface area contributed by atoms with Gasteiger partial charge in [-0.25, -0.2) is 9.59 Å². The van der Waals surface area contributed by atoms with Crippen molar-refractivity contribution in [2.45, 2.75) is 12.5 Å². The number of amides is 1. The number of ether oxygens (including phenoxy) is 1. The fourth-order valence-corrected chi connectivity index (χ4v) is 0.935. The van der Waals surface area contributed by atoms with E-state index in [1.54, 1.807) is 0 Å². The van der Waals surface area contributed by atoms with Gasteiger partial charge < -0.3 is 15.2 Å². The van der Waals surface area contributed by atoms with Gasteiger partial charge in [0.1, 0.15) is 6.04 Å². The van der Waals surface area contributed by atoms with Crippen LogP contribution in [0.2, 0.25) is 0 Å². The second-order valence-corrected chi connectivity index (χ2v) is 2.70. The van der Waals surface area contributed by atoms with Crippen LogP contribution in [0.1, 0.15) is 5.69 Å². The molecule has 1 heterocycles. The summed E-state index contributed by atoms with van der Waals surface area (Å²) in [5.74, 6) is -1.16. The lowest BCUT2D eigenvalue weighted by atomic mass is 10.2. The van der Waals surface area contributed by atoms with Crippen LogP contribution < -0.4 is 5.32 Å². The summed E-state index contributed by atoms with van der Waals surface area (Å²) in [4.78, 5) is 21.6. The number of carbonyl (C=O) groups is 2. The number of methoxy groups -OCH3 is 1. The molecule has 8 heteroatoms. The maximum atomic E-state index is 10.8. The average molecular weight is 214 g/mol. The number of carboxylic acid groups (broad SMARTS) is 1. The molecule has 0 bridgehead atoms. The molecule has 1 unspecified atom stereocenters. The molecule has 0 radical (unpaired) electrons. The lowest BCUT2D eigenvalue weighted by Gasteiger charge is -2.11. The fourth-order valence-electron chi connectivity index (χ4n) is 0.935. The molecule has 1 rings (SSSR count). The molecule has 0 aliphatic heterocycles. The molecule has 15 heavy (non-hydrogen) atoms. The minimum Gasteiger partial charge on any atom is -0.480 e. The van der Waals surface area contributed by atoms with Gasteiger partial charge in [0.05, 0.1) is 12.8 Å². The minimum absolute atomic E-state index is 0.0426. The molecule has 0 aromatic carbocycles. The van der Waals surface area contributed by atoms with E-state index in [9.17, 15) is 9.59 Å². The summed E-state index contributed by atoms with van der Waals surface area (Å²) in [6.07, 6.45) is 0.696. The first-order valence-electron chi connectivity index (χ1n) is 4.06. The van der Waals surface area contributed by atoms with Gasteiger partial charge >= 0.3 is 12.1 Å². The first kappa shape index (κ1) is 11.0. The summed E-state index contributed by atoms with van der Waals surface area (Å²) in [7, 11) is 1.16. The molecule has 82 valence electrons. The smallest absolute Gasteiger partial charge is 0.407 e. The largest absolute Gasteiger partial charge is 0.480 e. The van der Waals surface area contributed by atoms with Gasteiger partial charge in [-0.05, 0) is 0 Å². The van der Waals surface area contributed by atoms with E-state index in [0.29, 0.717) is 5.69 Å². The maximum absolute atomic E-state index is 10.8. The van der Waals surface area contributed by atoms with Crippen molar-refractivity contribution in [1.82, 2.24) is 20.7 Å². The van der Waals surface area contributed by atoms with Crippen LogP contribution in [-0.4, -0.2) is 45.7 Å². The number of carbonyl (C=O) groups excluding carboxylic acids is 1. The molecule has 0 spiro atoms. The third-order valence-electron chi connectivity index (χ3n) is 1.66. The van der Waals surface area contributed by atoms with Crippen LogP contribution in [0.3, 0.4) is 0 Å². The lowest BCUT2D eigenvalue weighted by Crippen LogP contribution is -2.42. The maximum Gasteiger partial charge on any atom is 0.407 e. The molecular formula is C7H10N4O4. The molecule has 0 fully saturated rings. The zero-order valence-electron chi connectivity index (χ0n) is 7.93. The third-order valence-corrected chi connectivity index (χ3v) is 1.66. The van der Waals surface area contributed by atoms with Gasteiger partial charge in [0.2, 0.25) is 0 Å². The van der Waals surface area contributed by atoms with Crippen LogP contribution in [0.4, 0.5) is 4.79 Å². The van der Waals surface area contributed by atoms with E-state index >= 15 is 0 Å². The Hall–Kier alpha value is -2.12. The van der Waals surface area contributed by atoms with Gasteiger partial charge in [-0.1, -0.05) is 5.21 Å². The number of carboxylic acids is 1. The van der Waals surface area contributed by atoms with E-state index in [4.69, 9.17) is 5.11 Å². The monoisotopic (exact) mass is 214 g/mol. The van der Waals surface area contributed by atoms with Crippen LogP contribution in [0, 0.1) is 0 Å². The highest BCUT2D eigenvalue weighted by Gasteiger charge is 2.21. The van der Waals surface area contributed by atoms with Crippen molar-refractivity contribution in [2.24, 2.45) is 0 Å². The molecule has 8 nitrogen and oxygen atoms in total. The normalized spacial score (nSPS) is 11.8. The number of alkyl carbamates (subject to hydrolysis) is 1. The van der Waals surface area contributed by atoms with Crippen molar-refractivity contribution < 1.29 is 19.4 Å². The Morgan fingerprint density at radius 2 is 2.47 bits per heavy atom. The van der Waals surface area contributed by atoms with E-state index in [1.807, 2.05) is 0 Å². The summed E-state index contributed by atoms with van der Waals surface area (Å²) in [6.45, 7) is 0. The molecule has 3 N–H and O–H groups in total. The van der Waals surface area contributed by atoms with Crippen molar-refractivity contribution in [1.29, 1.82) is 0 Å². The molecule has 1 aromatic heterocycles. The highest BCUT2D eigenvalue weighted by atomic mass is 16.5. The Bertz CT molecular complexity index is 337. The third kappa shape index (κ3) is 3.25. The Balaban J connectivity index is 2.59. The quantitative estimate of drug-likeness (QED) is 0.601. The second kappa shape index (κ2) is 4.94. The SMILES string of the molecule is COC(=O)NC(Cc1c[nH]nn1)C(=O)O. The Kier molecular flexibility index (Phi) is 3.61. The van der Waals surface area contributed by atoms with Gasteiger partial charge in [-0.15, -0.1) is 5.10 Å². The standard InChI is InChI=1S/C7H10N4O4/c1-15-7(14)9-5(6(12)13)2-4-3-8-11-10-4/h3,5H,2H2,1H3,(H,9,14)(H,12,13)(H,8,10,11). The predicted octanol–water partition coefficient (Wildman–Crippen LogP) is -0.844. The Labute approximate surface area is 84.6 Å². The molecular weight excluding hydrogens is 204 g/mol. The zero-order valence-corrected chi connectivity index (χ0v) is 7.93. The van der Waals surface area contributed by atoms with Gasteiger partial charge in [0.25, 0.3) is 0 Å². The molecule has 0 saturated carbocycles. The van der Waals surface area contributed by atoms with Crippen molar-refractivity contribution in [3.63, 3.8) is 0 Å². The second-order valence-electron chi connectivity index (χ2n) is 2.70. The number of hydrogen-bond donors (Lipinski definition) is 3. The molecule has 1 aromatic rings. The number of aliphatic carboxylic acids is 1. The summed E-state index contributed by atoms with van der Waals surface area (Å²) >= 11 is 0. The number of nitrogens with zero attached hydrogens (tertiary/aromatic N) is 2. The number of nitrogens with one attached hydrogen (secondary N) is 2. The number of rotatable bonds is 4. The molecule has 0 aliphatic carbocycles. The van der Waals surface area contributed by atoms with Crippen molar-refractivity contribution in [2.75, 3.05) is 7.11 Å². The molecule has 1 atom stereocenters. The summed E-state index contributed by atoms with van der Waals surface area (Å²) in [5, 5.41) is 20.4. The number of hydrogen-bond acceptors (Lipinski definition) is 5. The van der Waals surface area contributed by atoms with E-state index < -0.39 is 18.1 Å². The first-order valence-corrected chi connectivity index (χ1v) is 4.06. The van der Waals surface area contributed by atoms with E-state index in [0.717, 1.165) is 7.11 Å². The minimum atomic E-state index is -1.16. The van der Waals surface area contributed by atoms with Crippen molar-refractivity contribution >= 4 is 12.1 Å². The van der Waals surface area contributed by atoms with Crippen LogP contribution in [0.25, 0.3) is 0 Å². The highest BCUT2D eigenvalue weighted by molar-refractivity contribution is 5.80. The summed E-state index contributed by atoms with van der Waals surface area (Å²) in [6, 6.07) is -1.08. The number of aromatic amines is 1. The van der Waals surface area contributed by atoms with Crippen LogP contribution in [-0.2, 0) is 16.0 Å². The molecule has 0 saturated heterocycles. The van der Waals surface area contributed by atoms with E-state index in [2.05, 4.69) is 25.5 Å². The zero-order chi connectivity index (χ0) is 11.3. The topological polar surface area (TPSA) is 117 Å². The summed E-state index contributed by atoms with van der Waals surface area (Å²) in [5.41, 5.74) is 0.443. The lowest BCUT2D eigenvalue weighted by molar-refractivity contribution is -0.139. The van der Waals surface area contributed by atoms with Crippen LogP contribution >= 0.6 is 0 Å². The van der Waals surface area contributed by atoms with Gasteiger partial charge in [0.15, 0.2) is 0 Å². The van der Waals surface area contributed by atoms with Crippen LogP contribution in [0.5, 0.6) is 0 Å². The fraction of sp³-hybridized carbons (Fsp3) is 0.429. The molecule has 1 amide bonds. The Morgan fingerprint density at radius 1 is 1.73 bits per heavy atom. The highest BCUT2D eigenvalue weighted by Crippen LogP contribution is 1.97. The van der Waals surface area contributed by atoms with Gasteiger partial charge in [-0.2, -0.15) is 0 Å². The van der Waals surface area contributed by atoms with Gasteiger partial charge in [0, 0.05) is 12.6 Å². The number of H-pyrrole nitrogens is 1. The molecule has 0 aliphatic rings. The Morgan fingerprint density at radius 3 is 2.93 bits per heavy atom. The van der Waals surface area contributed by atoms with E-state index in [1.165, 1.54) is 6.20 Å². The van der Waals surface area contributed by atoms with Crippen LogP contribution in [0.15, 0.2) is 6.20 Å².